The third kappa shape index (κ3) is 3.58. The quantitative estimate of drug-likeness (QED) is 0.606. The maximum Gasteiger partial charge on any atom is 0.302 e. The maximum atomic E-state index is 10.4. The minimum absolute atomic E-state index is 0.520. The number of amides is 1. The molecule has 0 radical (unpaired) electrons. The van der Waals surface area contributed by atoms with Crippen LogP contribution >= 0.6 is 11.8 Å². The van der Waals surface area contributed by atoms with Gasteiger partial charge in [-0.3, -0.25) is 4.79 Å². The largest absolute Gasteiger partial charge is 0.320 e. The third-order valence-electron chi connectivity index (χ3n) is 1.04. The van der Waals surface area contributed by atoms with Crippen molar-refractivity contribution in [1.29, 1.82) is 0 Å². The second-order valence-electron chi connectivity index (χ2n) is 1.82. The van der Waals surface area contributed by atoms with Gasteiger partial charge in [0.1, 0.15) is 0 Å². The lowest BCUT2D eigenvalue weighted by Crippen LogP contribution is -2.29. The van der Waals surface area contributed by atoms with Gasteiger partial charge in [0.25, 0.3) is 0 Å². The fraction of sp³-hybridized carbons (Fsp3) is 0.800. The summed E-state index contributed by atoms with van der Waals surface area (Å²) in [6.07, 6.45) is 2.43. The Bertz CT molecular complexity index is 129. The average Bonchev–Trinajstić information content (AvgIpc) is 1.98. The van der Waals surface area contributed by atoms with Gasteiger partial charge < -0.3 is 5.73 Å². The number of nitrogens with zero attached hydrogens (tertiary/aromatic N) is 1. The molecule has 0 aromatic carbocycles. The zero-order valence-corrected chi connectivity index (χ0v) is 6.56. The van der Waals surface area contributed by atoms with Crippen LogP contribution in [0.1, 0.15) is 6.42 Å². The van der Waals surface area contributed by atoms with E-state index < -0.39 is 11.9 Å². The van der Waals surface area contributed by atoms with Crippen molar-refractivity contribution >= 4 is 17.7 Å². The Hall–Kier alpha value is -0.420. The van der Waals surface area contributed by atoms with E-state index in [0.29, 0.717) is 6.42 Å². The summed E-state index contributed by atoms with van der Waals surface area (Å²) in [5.41, 5.74) is 5.26. The van der Waals surface area contributed by atoms with Gasteiger partial charge in [0.15, 0.2) is 0 Å². The van der Waals surface area contributed by atoms with E-state index in [4.69, 9.17) is 5.73 Å². The molecule has 1 amide bonds. The van der Waals surface area contributed by atoms with Crippen molar-refractivity contribution in [1.82, 2.24) is 0 Å². The van der Waals surface area contributed by atoms with E-state index >= 15 is 0 Å². The van der Waals surface area contributed by atoms with E-state index in [1.165, 1.54) is 0 Å². The number of thioether (sulfide) groups is 1. The minimum Gasteiger partial charge on any atom is -0.320 e. The Kier molecular flexibility index (Phi) is 5.15. The molecule has 4 nitrogen and oxygen atoms in total. The van der Waals surface area contributed by atoms with E-state index in [2.05, 4.69) is 5.18 Å². The van der Waals surface area contributed by atoms with E-state index in [9.17, 15) is 9.70 Å². The summed E-state index contributed by atoms with van der Waals surface area (Å²) in [6, 6.07) is -0.704. The van der Waals surface area contributed by atoms with Crippen LogP contribution in [0.5, 0.6) is 0 Å². The second-order valence-corrected chi connectivity index (χ2v) is 2.80. The SMILES string of the molecule is CSCCC(N)C(=O)N=O. The number of nitrogens with two attached hydrogens (primary N) is 1. The minimum atomic E-state index is -0.756. The van der Waals surface area contributed by atoms with Crippen LogP contribution in [0, 0.1) is 4.91 Å². The molecule has 0 aromatic rings. The number of carbonyl (C=O) groups is 1. The Labute approximate surface area is 63.5 Å². The Morgan fingerprint density at radius 3 is 2.80 bits per heavy atom. The Morgan fingerprint density at radius 2 is 2.40 bits per heavy atom. The summed E-state index contributed by atoms with van der Waals surface area (Å²) < 4.78 is 0. The second kappa shape index (κ2) is 5.37. The van der Waals surface area contributed by atoms with Gasteiger partial charge in [-0.05, 0) is 18.4 Å². The van der Waals surface area contributed by atoms with Gasteiger partial charge in [0.05, 0.1) is 6.04 Å². The first-order valence-corrected chi connectivity index (χ1v) is 4.23. The van der Waals surface area contributed by atoms with Gasteiger partial charge in [0, 0.05) is 5.18 Å². The fourth-order valence-corrected chi connectivity index (χ4v) is 0.926. The first-order valence-electron chi connectivity index (χ1n) is 2.84. The van der Waals surface area contributed by atoms with E-state index in [-0.39, 0.29) is 0 Å². The Balaban J connectivity index is 3.51. The standard InChI is InChI=1S/C5H10N2O2S/c1-10-3-2-4(6)5(8)7-9/h4H,2-3,6H2,1H3. The van der Waals surface area contributed by atoms with Gasteiger partial charge >= 0.3 is 5.91 Å². The van der Waals surface area contributed by atoms with Crippen molar-refractivity contribution in [2.24, 2.45) is 10.9 Å². The fourth-order valence-electron chi connectivity index (χ4n) is 0.436. The highest BCUT2D eigenvalue weighted by atomic mass is 32.2. The predicted octanol–water partition coefficient (Wildman–Crippen LogP) is 0.360. The lowest BCUT2D eigenvalue weighted by molar-refractivity contribution is -0.119. The third-order valence-corrected chi connectivity index (χ3v) is 1.68. The zero-order chi connectivity index (χ0) is 7.98. The molecule has 5 heteroatoms. The summed E-state index contributed by atoms with van der Waals surface area (Å²) in [4.78, 5) is 20.0. The highest BCUT2D eigenvalue weighted by Crippen LogP contribution is 1.99. The molecular weight excluding hydrogens is 152 g/mol. The summed E-state index contributed by atoms with van der Waals surface area (Å²) in [6.45, 7) is 0. The maximum absolute atomic E-state index is 10.4. The van der Waals surface area contributed by atoms with Crippen LogP contribution in [-0.4, -0.2) is 24.0 Å². The molecule has 0 spiro atoms. The van der Waals surface area contributed by atoms with Gasteiger partial charge in [0.2, 0.25) is 0 Å². The van der Waals surface area contributed by atoms with Gasteiger partial charge in [-0.2, -0.15) is 11.8 Å². The van der Waals surface area contributed by atoms with Crippen molar-refractivity contribution in [2.45, 2.75) is 12.5 Å². The summed E-state index contributed by atoms with van der Waals surface area (Å²) in [5, 5.41) is 2.22. The molecule has 0 aliphatic carbocycles. The summed E-state index contributed by atoms with van der Waals surface area (Å²) in [5.74, 6) is 0.0247. The first kappa shape index (κ1) is 9.58. The molecule has 1 atom stereocenters. The lowest BCUT2D eigenvalue weighted by Gasteiger charge is -2.01. The number of hydrogen-bond donors (Lipinski definition) is 1. The average molecular weight is 162 g/mol. The molecule has 0 aliphatic heterocycles. The molecule has 0 fully saturated rings. The summed E-state index contributed by atoms with van der Waals surface area (Å²) in [7, 11) is 0. The molecule has 0 aliphatic rings. The van der Waals surface area contributed by atoms with Crippen molar-refractivity contribution in [3.63, 3.8) is 0 Å². The monoisotopic (exact) mass is 162 g/mol. The molecule has 10 heavy (non-hydrogen) atoms. The molecule has 0 bridgehead atoms. The van der Waals surface area contributed by atoms with E-state index in [1.54, 1.807) is 11.8 Å². The van der Waals surface area contributed by atoms with Crippen LogP contribution in [0.4, 0.5) is 0 Å². The van der Waals surface area contributed by atoms with E-state index in [1.807, 2.05) is 6.26 Å². The molecule has 0 aromatic heterocycles. The number of carbonyl (C=O) groups excluding carboxylic acids is 1. The van der Waals surface area contributed by atoms with Gasteiger partial charge in [-0.1, -0.05) is 0 Å². The number of nitroso groups, excluding NO2 is 1. The van der Waals surface area contributed by atoms with Crippen LogP contribution in [-0.2, 0) is 4.79 Å². The molecular formula is C5H10N2O2S. The van der Waals surface area contributed by atoms with Gasteiger partial charge in [-0.25, -0.2) is 0 Å². The van der Waals surface area contributed by atoms with E-state index in [0.717, 1.165) is 5.75 Å². The number of rotatable bonds is 4. The number of hydrogen-bond acceptors (Lipinski definition) is 4. The lowest BCUT2D eigenvalue weighted by atomic mass is 10.2. The zero-order valence-electron chi connectivity index (χ0n) is 5.74. The highest BCUT2D eigenvalue weighted by Gasteiger charge is 2.12. The molecule has 0 heterocycles. The normalized spacial score (nSPS) is 12.6. The smallest absolute Gasteiger partial charge is 0.302 e. The van der Waals surface area contributed by atoms with Crippen LogP contribution in [0.25, 0.3) is 0 Å². The molecule has 0 saturated heterocycles. The van der Waals surface area contributed by atoms with Crippen molar-refractivity contribution in [3.05, 3.63) is 4.91 Å². The molecule has 2 N–H and O–H groups in total. The van der Waals surface area contributed by atoms with Crippen LogP contribution in [0.15, 0.2) is 5.18 Å². The molecule has 0 rings (SSSR count). The Morgan fingerprint density at radius 1 is 1.80 bits per heavy atom. The molecule has 1 unspecified atom stereocenters. The van der Waals surface area contributed by atoms with Crippen LogP contribution < -0.4 is 5.73 Å². The summed E-state index contributed by atoms with van der Waals surface area (Å²) >= 11 is 1.58. The van der Waals surface area contributed by atoms with Crippen molar-refractivity contribution in [3.8, 4) is 0 Å². The molecule has 58 valence electrons. The van der Waals surface area contributed by atoms with Crippen molar-refractivity contribution in [2.75, 3.05) is 12.0 Å². The first-order chi connectivity index (χ1) is 4.72. The molecule has 0 saturated carbocycles. The van der Waals surface area contributed by atoms with Gasteiger partial charge in [-0.15, -0.1) is 4.91 Å². The predicted molar refractivity (Wildman–Crippen MR) is 41.8 cm³/mol. The van der Waals surface area contributed by atoms with Crippen LogP contribution in [0.3, 0.4) is 0 Å². The van der Waals surface area contributed by atoms with Crippen molar-refractivity contribution < 1.29 is 4.79 Å². The highest BCUT2D eigenvalue weighted by molar-refractivity contribution is 7.98. The topological polar surface area (TPSA) is 72.5 Å². The van der Waals surface area contributed by atoms with Crippen LogP contribution in [0.2, 0.25) is 0 Å².